The van der Waals surface area contributed by atoms with Crippen LogP contribution in [0.4, 0.5) is 0 Å². The number of nitrogens with zero attached hydrogens (tertiary/aromatic N) is 1. The molecule has 2 rings (SSSR count). The van der Waals surface area contributed by atoms with Crippen LogP contribution in [0.15, 0.2) is 34.7 Å². The first kappa shape index (κ1) is 23.2. The van der Waals surface area contributed by atoms with Crippen molar-refractivity contribution in [2.45, 2.75) is 46.1 Å². The molecule has 2 amide bonds. The SMILES string of the molecule is COC(=O)c1cc(CN(C)C(=O)CCNC(=O)c2ccc(C(C)(C)C)cc2)oc1C. The lowest BCUT2D eigenvalue weighted by Gasteiger charge is -2.19. The van der Waals surface area contributed by atoms with Gasteiger partial charge in [-0.1, -0.05) is 32.9 Å². The van der Waals surface area contributed by atoms with Gasteiger partial charge in [0, 0.05) is 25.6 Å². The normalized spacial score (nSPS) is 11.1. The van der Waals surface area contributed by atoms with Gasteiger partial charge in [0.15, 0.2) is 0 Å². The van der Waals surface area contributed by atoms with Crippen LogP contribution < -0.4 is 5.32 Å². The molecule has 0 atom stereocenters. The van der Waals surface area contributed by atoms with Crippen LogP contribution in [0.25, 0.3) is 0 Å². The molecule has 0 radical (unpaired) electrons. The summed E-state index contributed by atoms with van der Waals surface area (Å²) in [4.78, 5) is 37.8. The average Bonchev–Trinajstić information content (AvgIpc) is 3.06. The summed E-state index contributed by atoms with van der Waals surface area (Å²) >= 11 is 0. The molecule has 0 unspecified atom stereocenters. The second-order valence-corrected chi connectivity index (χ2v) is 8.26. The van der Waals surface area contributed by atoms with Gasteiger partial charge in [-0.3, -0.25) is 9.59 Å². The number of esters is 1. The van der Waals surface area contributed by atoms with Crippen molar-refractivity contribution in [1.82, 2.24) is 10.2 Å². The molecule has 1 heterocycles. The predicted molar refractivity (Wildman–Crippen MR) is 113 cm³/mol. The van der Waals surface area contributed by atoms with Gasteiger partial charge in [0.1, 0.15) is 17.1 Å². The molecule has 1 aromatic heterocycles. The van der Waals surface area contributed by atoms with Crippen LogP contribution in [0.5, 0.6) is 0 Å². The zero-order valence-corrected chi connectivity index (χ0v) is 18.5. The fourth-order valence-electron chi connectivity index (χ4n) is 2.95. The number of rotatable bonds is 7. The van der Waals surface area contributed by atoms with Gasteiger partial charge in [0.05, 0.1) is 13.7 Å². The number of carbonyl (C=O) groups excluding carboxylic acids is 3. The molecular weight excluding hydrogens is 384 g/mol. The van der Waals surface area contributed by atoms with Crippen LogP contribution >= 0.6 is 0 Å². The van der Waals surface area contributed by atoms with Gasteiger partial charge in [0.2, 0.25) is 5.91 Å². The quantitative estimate of drug-likeness (QED) is 0.701. The number of hydrogen-bond acceptors (Lipinski definition) is 5. The molecule has 0 saturated carbocycles. The lowest BCUT2D eigenvalue weighted by atomic mass is 9.87. The maximum atomic E-state index is 12.3. The Kier molecular flexibility index (Phi) is 7.43. The van der Waals surface area contributed by atoms with Gasteiger partial charge in [-0.05, 0) is 36.1 Å². The number of hydrogen-bond donors (Lipinski definition) is 1. The fraction of sp³-hybridized carbons (Fsp3) is 0.435. The summed E-state index contributed by atoms with van der Waals surface area (Å²) in [6.45, 7) is 8.47. The Morgan fingerprint density at radius 3 is 2.33 bits per heavy atom. The van der Waals surface area contributed by atoms with Crippen LogP contribution in [0.3, 0.4) is 0 Å². The van der Waals surface area contributed by atoms with Crippen molar-refractivity contribution in [3.05, 3.63) is 58.5 Å². The molecule has 7 nitrogen and oxygen atoms in total. The van der Waals surface area contributed by atoms with E-state index in [1.165, 1.54) is 12.0 Å². The van der Waals surface area contributed by atoms with E-state index in [2.05, 4.69) is 26.1 Å². The molecule has 7 heteroatoms. The second-order valence-electron chi connectivity index (χ2n) is 8.26. The van der Waals surface area contributed by atoms with E-state index in [1.807, 2.05) is 12.1 Å². The van der Waals surface area contributed by atoms with Crippen LogP contribution in [-0.2, 0) is 21.5 Å². The number of amides is 2. The molecule has 2 aromatic rings. The smallest absolute Gasteiger partial charge is 0.341 e. The fourth-order valence-corrected chi connectivity index (χ4v) is 2.95. The number of methoxy groups -OCH3 is 1. The van der Waals surface area contributed by atoms with Gasteiger partial charge < -0.3 is 19.4 Å². The highest BCUT2D eigenvalue weighted by atomic mass is 16.5. The van der Waals surface area contributed by atoms with E-state index in [4.69, 9.17) is 9.15 Å². The van der Waals surface area contributed by atoms with Gasteiger partial charge in [-0.25, -0.2) is 4.79 Å². The summed E-state index contributed by atoms with van der Waals surface area (Å²) in [5, 5.41) is 2.77. The molecule has 0 aliphatic heterocycles. The van der Waals surface area contributed by atoms with E-state index in [-0.39, 0.29) is 36.7 Å². The van der Waals surface area contributed by atoms with Crippen molar-refractivity contribution in [3.8, 4) is 0 Å². The number of carbonyl (C=O) groups is 3. The lowest BCUT2D eigenvalue weighted by molar-refractivity contribution is -0.130. The lowest BCUT2D eigenvalue weighted by Crippen LogP contribution is -2.31. The molecule has 1 aromatic carbocycles. The predicted octanol–water partition coefficient (Wildman–Crippen LogP) is 3.45. The molecular formula is C23H30N2O5. The first-order chi connectivity index (χ1) is 14.0. The van der Waals surface area contributed by atoms with E-state index in [0.29, 0.717) is 22.6 Å². The van der Waals surface area contributed by atoms with Gasteiger partial charge in [0.25, 0.3) is 5.91 Å². The van der Waals surface area contributed by atoms with Crippen molar-refractivity contribution < 1.29 is 23.5 Å². The summed E-state index contributed by atoms with van der Waals surface area (Å²) in [5.74, 6) is 0.103. The minimum absolute atomic E-state index is 0.0240. The molecule has 1 N–H and O–H groups in total. The van der Waals surface area contributed by atoms with Crippen molar-refractivity contribution in [2.24, 2.45) is 0 Å². The first-order valence-electron chi connectivity index (χ1n) is 9.83. The van der Waals surface area contributed by atoms with Crippen LogP contribution in [0, 0.1) is 6.92 Å². The van der Waals surface area contributed by atoms with E-state index in [1.54, 1.807) is 32.2 Å². The maximum absolute atomic E-state index is 12.3. The molecule has 30 heavy (non-hydrogen) atoms. The standard InChI is InChI=1S/C23H30N2O5/c1-15-19(22(28)29-6)13-18(30-15)14-25(5)20(26)11-12-24-21(27)16-7-9-17(10-8-16)23(2,3)4/h7-10,13H,11-12,14H2,1-6H3,(H,24,27). The molecule has 0 fully saturated rings. The number of aryl methyl sites for hydroxylation is 1. The Labute approximate surface area is 177 Å². The largest absolute Gasteiger partial charge is 0.465 e. The summed E-state index contributed by atoms with van der Waals surface area (Å²) in [6.07, 6.45) is 0.159. The zero-order valence-electron chi connectivity index (χ0n) is 18.5. The molecule has 0 bridgehead atoms. The summed E-state index contributed by atoms with van der Waals surface area (Å²) in [7, 11) is 2.95. The highest BCUT2D eigenvalue weighted by Gasteiger charge is 2.18. The zero-order chi connectivity index (χ0) is 22.5. The number of benzene rings is 1. The first-order valence-corrected chi connectivity index (χ1v) is 9.83. The van der Waals surface area contributed by atoms with Gasteiger partial charge in [-0.2, -0.15) is 0 Å². The highest BCUT2D eigenvalue weighted by Crippen LogP contribution is 2.22. The van der Waals surface area contributed by atoms with E-state index >= 15 is 0 Å². The van der Waals surface area contributed by atoms with Gasteiger partial charge >= 0.3 is 5.97 Å². The second kappa shape index (κ2) is 9.61. The summed E-state index contributed by atoms with van der Waals surface area (Å²) in [5.41, 5.74) is 2.08. The van der Waals surface area contributed by atoms with E-state index in [0.717, 1.165) is 5.56 Å². The third-order valence-corrected chi connectivity index (χ3v) is 4.83. The molecule has 0 aliphatic rings. The Morgan fingerprint density at radius 1 is 1.13 bits per heavy atom. The Balaban J connectivity index is 1.84. The van der Waals surface area contributed by atoms with Crippen molar-refractivity contribution in [2.75, 3.05) is 20.7 Å². The average molecular weight is 415 g/mol. The third kappa shape index (κ3) is 5.95. The third-order valence-electron chi connectivity index (χ3n) is 4.83. The van der Waals surface area contributed by atoms with Crippen LogP contribution in [-0.4, -0.2) is 43.4 Å². The molecule has 162 valence electrons. The molecule has 0 spiro atoms. The Bertz CT molecular complexity index is 907. The maximum Gasteiger partial charge on any atom is 0.341 e. The van der Waals surface area contributed by atoms with Crippen molar-refractivity contribution >= 4 is 17.8 Å². The summed E-state index contributed by atoms with van der Waals surface area (Å²) < 4.78 is 10.2. The monoisotopic (exact) mass is 414 g/mol. The number of nitrogens with one attached hydrogen (secondary N) is 1. The van der Waals surface area contributed by atoms with Crippen molar-refractivity contribution in [3.63, 3.8) is 0 Å². The Hall–Kier alpha value is -3.09. The van der Waals surface area contributed by atoms with Crippen LogP contribution in [0.1, 0.15) is 65.0 Å². The number of ether oxygens (including phenoxy) is 1. The topological polar surface area (TPSA) is 88.9 Å². The number of furan rings is 1. The summed E-state index contributed by atoms with van der Waals surface area (Å²) in [6, 6.07) is 9.06. The van der Waals surface area contributed by atoms with Crippen LogP contribution in [0.2, 0.25) is 0 Å². The minimum atomic E-state index is -0.477. The highest BCUT2D eigenvalue weighted by molar-refractivity contribution is 5.94. The van der Waals surface area contributed by atoms with Gasteiger partial charge in [-0.15, -0.1) is 0 Å². The Morgan fingerprint density at radius 2 is 1.77 bits per heavy atom. The van der Waals surface area contributed by atoms with E-state index in [9.17, 15) is 14.4 Å². The molecule has 0 aliphatic carbocycles. The van der Waals surface area contributed by atoms with E-state index < -0.39 is 5.97 Å². The molecule has 0 saturated heterocycles. The van der Waals surface area contributed by atoms with Crippen molar-refractivity contribution in [1.29, 1.82) is 0 Å². The minimum Gasteiger partial charge on any atom is -0.465 e.